The fraction of sp³-hybridized carbons (Fsp3) is 0.308. The third-order valence-electron chi connectivity index (χ3n) is 2.40. The Kier molecular flexibility index (Phi) is 5.73. The van der Waals surface area contributed by atoms with Crippen molar-refractivity contribution >= 4 is 12.0 Å². The number of carbonyl (C=O) groups is 1. The van der Waals surface area contributed by atoms with E-state index in [1.807, 2.05) is 0 Å². The van der Waals surface area contributed by atoms with Crippen molar-refractivity contribution in [3.05, 3.63) is 29.8 Å². The lowest BCUT2D eigenvalue weighted by atomic mass is 10.2. The van der Waals surface area contributed by atoms with Crippen LogP contribution in [0.5, 0.6) is 11.5 Å². The van der Waals surface area contributed by atoms with Gasteiger partial charge in [0.1, 0.15) is 0 Å². The highest BCUT2D eigenvalue weighted by molar-refractivity contribution is 5.91. The summed E-state index contributed by atoms with van der Waals surface area (Å²) in [5.41, 5.74) is 4.37. The first-order valence-corrected chi connectivity index (χ1v) is 5.90. The van der Waals surface area contributed by atoms with Crippen molar-refractivity contribution in [2.45, 2.75) is 12.8 Å². The molecule has 1 amide bonds. The average molecular weight is 251 g/mol. The van der Waals surface area contributed by atoms with Crippen LogP contribution in [0.3, 0.4) is 0 Å². The van der Waals surface area contributed by atoms with Gasteiger partial charge in [-0.2, -0.15) is 0 Å². The van der Waals surface area contributed by atoms with Crippen LogP contribution in [0, 0.1) is 0 Å². The number of amides is 1. The number of quaternary nitrogens is 1. The zero-order valence-electron chi connectivity index (χ0n) is 10.2. The Labute approximate surface area is 106 Å². The number of aromatic hydroxyl groups is 2. The van der Waals surface area contributed by atoms with Crippen LogP contribution in [0.15, 0.2) is 24.3 Å². The van der Waals surface area contributed by atoms with E-state index in [1.165, 1.54) is 18.2 Å². The minimum atomic E-state index is -0.201. The zero-order valence-corrected chi connectivity index (χ0v) is 10.2. The normalized spacial score (nSPS) is 10.7. The van der Waals surface area contributed by atoms with E-state index in [-0.39, 0.29) is 17.4 Å². The van der Waals surface area contributed by atoms with Crippen molar-refractivity contribution < 1.29 is 20.7 Å². The summed E-state index contributed by atoms with van der Waals surface area (Å²) in [5.74, 6) is -0.551. The predicted octanol–water partition coefficient (Wildman–Crippen LogP) is 0.249. The Morgan fingerprint density at radius 1 is 1.28 bits per heavy atom. The molecule has 98 valence electrons. The number of benzene rings is 1. The average Bonchev–Trinajstić information content (AvgIpc) is 2.36. The van der Waals surface area contributed by atoms with Crippen LogP contribution in [0.1, 0.15) is 18.4 Å². The number of rotatable bonds is 6. The van der Waals surface area contributed by atoms with Gasteiger partial charge >= 0.3 is 0 Å². The standard InChI is InChI=1S/C13H18N2O3/c14-7-1-2-8-15-13(18)6-4-10-3-5-11(16)12(17)9-10/h3-6,9,16-17H,1-2,7-8,14H2,(H,15,18)/p+1/b6-4+. The van der Waals surface area contributed by atoms with Gasteiger partial charge in [-0.25, -0.2) is 0 Å². The smallest absolute Gasteiger partial charge is 0.243 e. The van der Waals surface area contributed by atoms with Gasteiger partial charge in [0.2, 0.25) is 5.91 Å². The van der Waals surface area contributed by atoms with Crippen molar-refractivity contribution in [3.63, 3.8) is 0 Å². The highest BCUT2D eigenvalue weighted by atomic mass is 16.3. The van der Waals surface area contributed by atoms with E-state index in [2.05, 4.69) is 11.1 Å². The molecule has 0 spiro atoms. The van der Waals surface area contributed by atoms with E-state index in [9.17, 15) is 9.90 Å². The molecule has 1 aromatic carbocycles. The summed E-state index contributed by atoms with van der Waals surface area (Å²) < 4.78 is 0. The SMILES string of the molecule is [NH3+]CCCCNC(=O)/C=C/c1ccc(O)c(O)c1. The highest BCUT2D eigenvalue weighted by Crippen LogP contribution is 2.25. The lowest BCUT2D eigenvalue weighted by Gasteiger charge is -2.00. The second-order valence-electron chi connectivity index (χ2n) is 3.93. The van der Waals surface area contributed by atoms with Gasteiger partial charge in [-0.3, -0.25) is 4.79 Å². The lowest BCUT2D eigenvalue weighted by Crippen LogP contribution is -2.50. The van der Waals surface area contributed by atoms with Gasteiger partial charge in [0.15, 0.2) is 11.5 Å². The maximum Gasteiger partial charge on any atom is 0.243 e. The van der Waals surface area contributed by atoms with E-state index in [4.69, 9.17) is 5.11 Å². The van der Waals surface area contributed by atoms with E-state index < -0.39 is 0 Å². The fourth-order valence-corrected chi connectivity index (χ4v) is 1.39. The fourth-order valence-electron chi connectivity index (χ4n) is 1.39. The summed E-state index contributed by atoms with van der Waals surface area (Å²) in [4.78, 5) is 11.4. The molecule has 18 heavy (non-hydrogen) atoms. The van der Waals surface area contributed by atoms with Crippen LogP contribution >= 0.6 is 0 Å². The number of hydrogen-bond donors (Lipinski definition) is 4. The molecular weight excluding hydrogens is 232 g/mol. The van der Waals surface area contributed by atoms with Crippen LogP contribution < -0.4 is 11.1 Å². The summed E-state index contributed by atoms with van der Waals surface area (Å²) in [6.45, 7) is 1.51. The molecule has 0 aliphatic heterocycles. The van der Waals surface area contributed by atoms with Gasteiger partial charge in [0, 0.05) is 12.6 Å². The summed E-state index contributed by atoms with van der Waals surface area (Å²) >= 11 is 0. The molecule has 5 heteroatoms. The largest absolute Gasteiger partial charge is 0.504 e. The lowest BCUT2D eigenvalue weighted by molar-refractivity contribution is -0.368. The van der Waals surface area contributed by atoms with Gasteiger partial charge in [-0.1, -0.05) is 6.07 Å². The summed E-state index contributed by atoms with van der Waals surface area (Å²) in [6, 6.07) is 4.38. The van der Waals surface area contributed by atoms with Gasteiger partial charge < -0.3 is 21.3 Å². The molecule has 0 radical (unpaired) electrons. The van der Waals surface area contributed by atoms with Crippen LogP contribution in [-0.4, -0.2) is 29.2 Å². The van der Waals surface area contributed by atoms with E-state index in [0.29, 0.717) is 12.1 Å². The molecular formula is C13H19N2O3+. The Morgan fingerprint density at radius 2 is 2.06 bits per heavy atom. The molecule has 0 aromatic heterocycles. The molecule has 0 unspecified atom stereocenters. The van der Waals surface area contributed by atoms with E-state index in [0.717, 1.165) is 19.4 Å². The van der Waals surface area contributed by atoms with Crippen LogP contribution in [0.2, 0.25) is 0 Å². The van der Waals surface area contributed by atoms with Gasteiger partial charge in [0.25, 0.3) is 0 Å². The van der Waals surface area contributed by atoms with Crippen LogP contribution in [-0.2, 0) is 4.79 Å². The van der Waals surface area contributed by atoms with Crippen molar-refractivity contribution in [1.82, 2.24) is 5.32 Å². The number of carbonyl (C=O) groups excluding carboxylic acids is 1. The molecule has 0 heterocycles. The third-order valence-corrected chi connectivity index (χ3v) is 2.40. The number of phenols is 2. The number of nitrogens with one attached hydrogen (secondary N) is 1. The Balaban J connectivity index is 2.43. The minimum Gasteiger partial charge on any atom is -0.504 e. The molecule has 0 bridgehead atoms. The summed E-state index contributed by atoms with van der Waals surface area (Å²) in [5, 5.41) is 21.2. The predicted molar refractivity (Wildman–Crippen MR) is 68.8 cm³/mol. The molecule has 6 N–H and O–H groups in total. The molecule has 1 rings (SSSR count). The van der Waals surface area contributed by atoms with Crippen molar-refractivity contribution in [1.29, 1.82) is 0 Å². The van der Waals surface area contributed by atoms with E-state index in [1.54, 1.807) is 12.1 Å². The second-order valence-corrected chi connectivity index (χ2v) is 3.93. The molecule has 0 saturated heterocycles. The van der Waals surface area contributed by atoms with E-state index >= 15 is 0 Å². The van der Waals surface area contributed by atoms with Crippen LogP contribution in [0.4, 0.5) is 0 Å². The Morgan fingerprint density at radius 3 is 2.72 bits per heavy atom. The number of phenolic OH excluding ortho intramolecular Hbond substituents is 2. The highest BCUT2D eigenvalue weighted by Gasteiger charge is 1.99. The second kappa shape index (κ2) is 7.34. The quantitative estimate of drug-likeness (QED) is 0.331. The Bertz CT molecular complexity index is 430. The Hall–Kier alpha value is -2.01. The maximum absolute atomic E-state index is 11.4. The van der Waals surface area contributed by atoms with Crippen LogP contribution in [0.25, 0.3) is 6.08 Å². The first kappa shape index (κ1) is 14.1. The van der Waals surface area contributed by atoms with Crippen molar-refractivity contribution in [2.75, 3.05) is 13.1 Å². The molecule has 5 nitrogen and oxygen atoms in total. The monoisotopic (exact) mass is 251 g/mol. The summed E-state index contributed by atoms with van der Waals surface area (Å²) in [6.07, 6.45) is 4.89. The summed E-state index contributed by atoms with van der Waals surface area (Å²) in [7, 11) is 0. The van der Waals surface area contributed by atoms with Gasteiger partial charge in [-0.05, 0) is 36.6 Å². The third kappa shape index (κ3) is 4.88. The molecule has 1 aromatic rings. The van der Waals surface area contributed by atoms with Gasteiger partial charge in [-0.15, -0.1) is 0 Å². The molecule has 0 saturated carbocycles. The van der Waals surface area contributed by atoms with Crippen molar-refractivity contribution in [3.8, 4) is 11.5 Å². The zero-order chi connectivity index (χ0) is 13.4. The van der Waals surface area contributed by atoms with Crippen molar-refractivity contribution in [2.24, 2.45) is 0 Å². The molecule has 0 aliphatic carbocycles. The first-order chi connectivity index (χ1) is 8.63. The molecule has 0 aliphatic rings. The number of hydrogen-bond acceptors (Lipinski definition) is 3. The molecule has 0 atom stereocenters. The topological polar surface area (TPSA) is 97.2 Å². The maximum atomic E-state index is 11.4. The van der Waals surface area contributed by atoms with Gasteiger partial charge in [0.05, 0.1) is 6.54 Å². The first-order valence-electron chi connectivity index (χ1n) is 5.90. The molecule has 0 fully saturated rings. The minimum absolute atomic E-state index is 0.174. The number of unbranched alkanes of at least 4 members (excludes halogenated alkanes) is 1.